The molecule has 6 rings (SSSR count). The number of nitro benzene ring substituents is 1. The van der Waals surface area contributed by atoms with Gasteiger partial charge in [-0.25, -0.2) is 4.98 Å². The number of piperazine rings is 1. The van der Waals surface area contributed by atoms with E-state index in [1.165, 1.54) is 49.2 Å². The van der Waals surface area contributed by atoms with Crippen LogP contribution in [0.15, 0.2) is 35.7 Å². The quantitative estimate of drug-likeness (QED) is 0.237. The molecule has 3 fully saturated rings. The number of carbonyl (C=O) groups excluding carboxylic acids is 1. The van der Waals surface area contributed by atoms with Crippen LogP contribution in [0.5, 0.6) is 0 Å². The highest BCUT2D eigenvalue weighted by Crippen LogP contribution is 2.30. The standard InChI is InChI=1S/C26H31N9O3S2/c36-26(40-30-25-27-21(18-39-25)19-6-5-7-20(16-19)35(37)38)34-14-12-32(13-15-34)23-17-22(31-8-1-2-9-31)28-24(29-23)33-10-3-4-11-33/h5-7,16-18H,1-4,8-15H2,(H,27,30). The number of amides is 1. The summed E-state index contributed by atoms with van der Waals surface area (Å²) >= 11 is 2.36. The van der Waals surface area contributed by atoms with Gasteiger partial charge < -0.3 is 19.6 Å². The van der Waals surface area contributed by atoms with Crippen molar-refractivity contribution in [2.45, 2.75) is 25.7 Å². The molecule has 3 saturated heterocycles. The van der Waals surface area contributed by atoms with Crippen LogP contribution in [0.4, 0.5) is 33.2 Å². The second-order valence-corrected chi connectivity index (χ2v) is 11.7. The molecule has 0 bridgehead atoms. The van der Waals surface area contributed by atoms with Crippen LogP contribution < -0.4 is 19.4 Å². The molecule has 3 aliphatic heterocycles. The van der Waals surface area contributed by atoms with Crippen LogP contribution in [-0.2, 0) is 0 Å². The molecular formula is C26H31N9O3S2. The van der Waals surface area contributed by atoms with Crippen LogP contribution in [0, 0.1) is 10.1 Å². The van der Waals surface area contributed by atoms with E-state index in [9.17, 15) is 14.9 Å². The van der Waals surface area contributed by atoms with Crippen molar-refractivity contribution >= 4 is 56.9 Å². The second-order valence-electron chi connectivity index (χ2n) is 10.1. The number of carbonyl (C=O) groups is 1. The number of thiazole rings is 1. The van der Waals surface area contributed by atoms with Crippen LogP contribution in [0.3, 0.4) is 0 Å². The third-order valence-corrected chi connectivity index (χ3v) is 9.07. The van der Waals surface area contributed by atoms with Crippen LogP contribution in [0.25, 0.3) is 11.3 Å². The summed E-state index contributed by atoms with van der Waals surface area (Å²) in [4.78, 5) is 46.7. The van der Waals surface area contributed by atoms with Gasteiger partial charge in [0.2, 0.25) is 5.95 Å². The van der Waals surface area contributed by atoms with E-state index < -0.39 is 4.92 Å². The number of aromatic nitrogens is 3. The molecule has 14 heteroatoms. The summed E-state index contributed by atoms with van der Waals surface area (Å²) < 4.78 is 3.04. The molecule has 2 aromatic heterocycles. The van der Waals surface area contributed by atoms with Gasteiger partial charge in [-0.1, -0.05) is 12.1 Å². The Labute approximate surface area is 240 Å². The topological polar surface area (TPSA) is 124 Å². The maximum absolute atomic E-state index is 12.9. The van der Waals surface area contributed by atoms with Crippen molar-refractivity contribution in [2.24, 2.45) is 0 Å². The minimum Gasteiger partial charge on any atom is -0.356 e. The fourth-order valence-electron chi connectivity index (χ4n) is 5.24. The zero-order valence-electron chi connectivity index (χ0n) is 22.1. The van der Waals surface area contributed by atoms with Crippen LogP contribution in [0.1, 0.15) is 25.7 Å². The zero-order chi connectivity index (χ0) is 27.5. The van der Waals surface area contributed by atoms with E-state index in [2.05, 4.69) is 30.5 Å². The number of non-ortho nitro benzene ring substituents is 1. The number of nitrogens with one attached hydrogen (secondary N) is 1. The van der Waals surface area contributed by atoms with Gasteiger partial charge >= 0.3 is 5.24 Å². The smallest absolute Gasteiger partial charge is 0.302 e. The second kappa shape index (κ2) is 11.8. The fraction of sp³-hybridized carbons (Fsp3) is 0.462. The Balaban J connectivity index is 1.05. The molecule has 40 heavy (non-hydrogen) atoms. The first-order chi connectivity index (χ1) is 19.5. The third kappa shape index (κ3) is 5.92. The van der Waals surface area contributed by atoms with E-state index in [-0.39, 0.29) is 10.9 Å². The van der Waals surface area contributed by atoms with Gasteiger partial charge in [0, 0.05) is 93.4 Å². The van der Waals surface area contributed by atoms with Gasteiger partial charge in [0.25, 0.3) is 5.69 Å². The molecule has 0 radical (unpaired) electrons. The van der Waals surface area contributed by atoms with Gasteiger partial charge in [0.05, 0.1) is 10.6 Å². The summed E-state index contributed by atoms with van der Waals surface area (Å²) in [6, 6.07) is 8.48. The average molecular weight is 582 g/mol. The Morgan fingerprint density at radius 3 is 2.20 bits per heavy atom. The van der Waals surface area contributed by atoms with Crippen molar-refractivity contribution < 1.29 is 9.72 Å². The van der Waals surface area contributed by atoms with Gasteiger partial charge in [-0.15, -0.1) is 11.3 Å². The molecular weight excluding hydrogens is 550 g/mol. The third-order valence-electron chi connectivity index (χ3n) is 7.45. The fourth-order valence-corrected chi connectivity index (χ4v) is 6.65. The van der Waals surface area contributed by atoms with Gasteiger partial charge in [-0.3, -0.25) is 19.6 Å². The van der Waals surface area contributed by atoms with Crippen molar-refractivity contribution in [3.05, 3.63) is 45.8 Å². The molecule has 0 aliphatic carbocycles. The predicted molar refractivity (Wildman–Crippen MR) is 160 cm³/mol. The molecule has 0 atom stereocenters. The molecule has 0 unspecified atom stereocenters. The highest BCUT2D eigenvalue weighted by molar-refractivity contribution is 8.14. The van der Waals surface area contributed by atoms with E-state index >= 15 is 0 Å². The van der Waals surface area contributed by atoms with E-state index in [0.29, 0.717) is 42.6 Å². The number of benzene rings is 1. The first kappa shape index (κ1) is 26.6. The lowest BCUT2D eigenvalue weighted by atomic mass is 10.1. The highest BCUT2D eigenvalue weighted by atomic mass is 32.2. The Morgan fingerprint density at radius 2 is 1.52 bits per heavy atom. The summed E-state index contributed by atoms with van der Waals surface area (Å²) in [5.41, 5.74) is 1.31. The normalized spacial score (nSPS) is 17.5. The van der Waals surface area contributed by atoms with Crippen LogP contribution >= 0.6 is 23.3 Å². The van der Waals surface area contributed by atoms with Crippen LogP contribution in [-0.4, -0.2) is 82.4 Å². The highest BCUT2D eigenvalue weighted by Gasteiger charge is 2.26. The first-order valence-corrected chi connectivity index (χ1v) is 15.3. The van der Waals surface area contributed by atoms with Crippen molar-refractivity contribution in [3.63, 3.8) is 0 Å². The Kier molecular flexibility index (Phi) is 7.86. The lowest BCUT2D eigenvalue weighted by Crippen LogP contribution is -2.48. The molecule has 3 aliphatic rings. The van der Waals surface area contributed by atoms with Gasteiger partial charge in [-0.2, -0.15) is 9.97 Å². The summed E-state index contributed by atoms with van der Waals surface area (Å²) in [5, 5.41) is 13.4. The Bertz CT molecular complexity index is 1330. The first-order valence-electron chi connectivity index (χ1n) is 13.6. The lowest BCUT2D eigenvalue weighted by Gasteiger charge is -2.35. The van der Waals surface area contributed by atoms with Crippen molar-refractivity contribution in [1.82, 2.24) is 19.9 Å². The monoisotopic (exact) mass is 581 g/mol. The minimum absolute atomic E-state index is 0.0187. The van der Waals surface area contributed by atoms with Gasteiger partial charge in [0.15, 0.2) is 5.13 Å². The molecule has 5 heterocycles. The number of rotatable bonds is 7. The number of nitrogens with zero attached hydrogens (tertiary/aromatic N) is 8. The van der Waals surface area contributed by atoms with E-state index in [4.69, 9.17) is 9.97 Å². The number of hydrogen-bond acceptors (Lipinski definition) is 12. The molecule has 0 spiro atoms. The molecule has 1 amide bonds. The van der Waals surface area contributed by atoms with Crippen LogP contribution in [0.2, 0.25) is 0 Å². The Hall–Kier alpha value is -3.65. The predicted octanol–water partition coefficient (Wildman–Crippen LogP) is 4.71. The van der Waals surface area contributed by atoms with E-state index in [0.717, 1.165) is 55.7 Å². The maximum atomic E-state index is 12.9. The van der Waals surface area contributed by atoms with Gasteiger partial charge in [0.1, 0.15) is 11.6 Å². The van der Waals surface area contributed by atoms with E-state index in [1.807, 2.05) is 10.3 Å². The summed E-state index contributed by atoms with van der Waals surface area (Å²) in [6.45, 7) is 6.69. The molecule has 1 aromatic carbocycles. The molecule has 1 N–H and O–H groups in total. The minimum atomic E-state index is -0.424. The van der Waals surface area contributed by atoms with Crippen molar-refractivity contribution in [3.8, 4) is 11.3 Å². The summed E-state index contributed by atoms with van der Waals surface area (Å²) in [5.74, 6) is 2.77. The summed E-state index contributed by atoms with van der Waals surface area (Å²) in [7, 11) is 0. The molecule has 12 nitrogen and oxygen atoms in total. The largest absolute Gasteiger partial charge is 0.356 e. The van der Waals surface area contributed by atoms with Gasteiger partial charge in [-0.05, 0) is 25.7 Å². The average Bonchev–Trinajstić information content (AvgIpc) is 3.79. The number of hydrogen-bond donors (Lipinski definition) is 1. The molecule has 0 saturated carbocycles. The van der Waals surface area contributed by atoms with Crippen molar-refractivity contribution in [2.75, 3.05) is 71.8 Å². The molecule has 3 aromatic rings. The maximum Gasteiger partial charge on any atom is 0.302 e. The Morgan fingerprint density at radius 1 is 0.875 bits per heavy atom. The van der Waals surface area contributed by atoms with E-state index in [1.54, 1.807) is 12.1 Å². The lowest BCUT2D eigenvalue weighted by molar-refractivity contribution is -0.384. The number of nitro groups is 1. The molecule has 210 valence electrons. The zero-order valence-corrected chi connectivity index (χ0v) is 23.7. The SMILES string of the molecule is O=C(SNc1nc(-c2cccc([N+](=O)[O-])c2)cs1)N1CCN(c2cc(N3CCCC3)nc(N3CCCC3)n2)CC1. The number of anilines is 4. The van der Waals surface area contributed by atoms with Crippen molar-refractivity contribution in [1.29, 1.82) is 0 Å². The summed E-state index contributed by atoms with van der Waals surface area (Å²) in [6.07, 6.45) is 4.75.